The summed E-state index contributed by atoms with van der Waals surface area (Å²) < 4.78 is 7.72. The maximum Gasteiger partial charge on any atom is 0.240 e. The summed E-state index contributed by atoms with van der Waals surface area (Å²) in [5, 5.41) is 3.58. The minimum absolute atomic E-state index is 0.0529. The molecule has 3 aromatic rings. The number of amides is 1. The quantitative estimate of drug-likeness (QED) is 0.553. The van der Waals surface area contributed by atoms with Crippen molar-refractivity contribution in [1.29, 1.82) is 0 Å². The van der Waals surface area contributed by atoms with Crippen LogP contribution in [0.1, 0.15) is 18.7 Å². The van der Waals surface area contributed by atoms with Crippen molar-refractivity contribution in [2.24, 2.45) is 5.73 Å². The van der Waals surface area contributed by atoms with Gasteiger partial charge >= 0.3 is 0 Å². The van der Waals surface area contributed by atoms with E-state index in [0.717, 1.165) is 23.9 Å². The average Bonchev–Trinajstić information content (AvgIpc) is 3.02. The molecule has 1 heterocycles. The number of ether oxygens (including phenoxy) is 1. The van der Waals surface area contributed by atoms with Crippen LogP contribution >= 0.6 is 11.6 Å². The lowest BCUT2D eigenvalue weighted by Crippen LogP contribution is -2.29. The van der Waals surface area contributed by atoms with Gasteiger partial charge in [-0.2, -0.15) is 0 Å². The van der Waals surface area contributed by atoms with Crippen LogP contribution in [0, 0.1) is 0 Å². The zero-order valence-corrected chi connectivity index (χ0v) is 15.8. The van der Waals surface area contributed by atoms with Gasteiger partial charge in [-0.25, -0.2) is 4.98 Å². The van der Waals surface area contributed by atoms with Crippen molar-refractivity contribution in [3.8, 4) is 5.75 Å². The first-order valence-electron chi connectivity index (χ1n) is 8.96. The van der Waals surface area contributed by atoms with Crippen molar-refractivity contribution in [1.82, 2.24) is 14.9 Å². The van der Waals surface area contributed by atoms with Crippen molar-refractivity contribution in [3.63, 3.8) is 0 Å². The number of rotatable bonds is 9. The predicted molar refractivity (Wildman–Crippen MR) is 107 cm³/mol. The standard InChI is InChI=1S/C20H23ClN4O2/c21-15-7-9-16(10-8-15)27-14-19-24-17-5-1-2-6-18(17)25(19)13-20(26)23-12-4-3-11-22/h1-2,5-10H,3-4,11-14,22H2,(H,23,26). The largest absolute Gasteiger partial charge is 0.486 e. The Labute approximate surface area is 163 Å². The maximum atomic E-state index is 12.3. The Morgan fingerprint density at radius 3 is 2.70 bits per heavy atom. The van der Waals surface area contributed by atoms with Gasteiger partial charge < -0.3 is 20.4 Å². The molecule has 0 radical (unpaired) electrons. The number of unbranched alkanes of at least 4 members (excludes halogenated alkanes) is 1. The number of nitrogens with two attached hydrogens (primary N) is 1. The highest BCUT2D eigenvalue weighted by atomic mass is 35.5. The minimum atomic E-state index is -0.0529. The molecule has 1 amide bonds. The van der Waals surface area contributed by atoms with Gasteiger partial charge in [-0.1, -0.05) is 23.7 Å². The van der Waals surface area contributed by atoms with Gasteiger partial charge in [0, 0.05) is 11.6 Å². The molecule has 1 aromatic heterocycles. The molecule has 0 aliphatic carbocycles. The summed E-state index contributed by atoms with van der Waals surface area (Å²) in [5.74, 6) is 1.34. The summed E-state index contributed by atoms with van der Waals surface area (Å²) in [6.07, 6.45) is 1.77. The average molecular weight is 387 g/mol. The van der Waals surface area contributed by atoms with Crippen molar-refractivity contribution < 1.29 is 9.53 Å². The molecule has 0 aliphatic rings. The van der Waals surface area contributed by atoms with Crippen LogP contribution in [0.25, 0.3) is 11.0 Å². The molecule has 0 saturated carbocycles. The van der Waals surface area contributed by atoms with E-state index in [2.05, 4.69) is 10.3 Å². The summed E-state index contributed by atoms with van der Waals surface area (Å²) in [6.45, 7) is 1.71. The van der Waals surface area contributed by atoms with Crippen LogP contribution in [-0.4, -0.2) is 28.5 Å². The minimum Gasteiger partial charge on any atom is -0.486 e. The normalized spacial score (nSPS) is 10.9. The van der Waals surface area contributed by atoms with E-state index >= 15 is 0 Å². The highest BCUT2D eigenvalue weighted by molar-refractivity contribution is 6.30. The Hall–Kier alpha value is -2.57. The summed E-state index contributed by atoms with van der Waals surface area (Å²) in [4.78, 5) is 17.0. The van der Waals surface area contributed by atoms with Gasteiger partial charge in [-0.05, 0) is 55.8 Å². The topological polar surface area (TPSA) is 82.2 Å². The molecule has 0 bridgehead atoms. The third kappa shape index (κ3) is 5.21. The fraction of sp³-hybridized carbons (Fsp3) is 0.300. The number of aromatic nitrogens is 2. The monoisotopic (exact) mass is 386 g/mol. The second-order valence-electron chi connectivity index (χ2n) is 6.19. The number of halogens is 1. The zero-order valence-electron chi connectivity index (χ0n) is 15.0. The fourth-order valence-electron chi connectivity index (χ4n) is 2.79. The summed E-state index contributed by atoms with van der Waals surface area (Å²) in [5.41, 5.74) is 7.22. The van der Waals surface area contributed by atoms with Gasteiger partial charge in [-0.15, -0.1) is 0 Å². The van der Waals surface area contributed by atoms with Gasteiger partial charge in [0.25, 0.3) is 0 Å². The van der Waals surface area contributed by atoms with E-state index in [1.54, 1.807) is 24.3 Å². The van der Waals surface area contributed by atoms with E-state index in [1.807, 2.05) is 28.8 Å². The number of nitrogens with zero attached hydrogens (tertiary/aromatic N) is 2. The van der Waals surface area contributed by atoms with Gasteiger partial charge in [0.2, 0.25) is 5.91 Å². The van der Waals surface area contributed by atoms with E-state index in [1.165, 1.54) is 0 Å². The number of hydrogen-bond donors (Lipinski definition) is 2. The highest BCUT2D eigenvalue weighted by Crippen LogP contribution is 2.20. The van der Waals surface area contributed by atoms with Crippen molar-refractivity contribution >= 4 is 28.5 Å². The van der Waals surface area contributed by atoms with E-state index < -0.39 is 0 Å². The van der Waals surface area contributed by atoms with Crippen LogP contribution in [0.15, 0.2) is 48.5 Å². The number of nitrogens with one attached hydrogen (secondary N) is 1. The third-order valence-corrected chi connectivity index (χ3v) is 4.42. The Bertz CT molecular complexity index is 893. The lowest BCUT2D eigenvalue weighted by Gasteiger charge is -2.11. The van der Waals surface area contributed by atoms with Crippen molar-refractivity contribution in [2.75, 3.05) is 13.1 Å². The molecule has 2 aromatic carbocycles. The Kier molecular flexibility index (Phi) is 6.68. The Morgan fingerprint density at radius 1 is 1.15 bits per heavy atom. The SMILES string of the molecule is NCCCCNC(=O)Cn1c(COc2ccc(Cl)cc2)nc2ccccc21. The number of benzene rings is 2. The molecule has 0 atom stereocenters. The smallest absolute Gasteiger partial charge is 0.240 e. The van der Waals surface area contributed by atoms with E-state index in [4.69, 9.17) is 22.1 Å². The van der Waals surface area contributed by atoms with Gasteiger partial charge in [0.15, 0.2) is 0 Å². The van der Waals surface area contributed by atoms with Crippen LogP contribution in [0.5, 0.6) is 5.75 Å². The number of imidazole rings is 1. The first kappa shape index (κ1) is 19.2. The summed E-state index contributed by atoms with van der Waals surface area (Å²) in [7, 11) is 0. The number of fused-ring (bicyclic) bond motifs is 1. The highest BCUT2D eigenvalue weighted by Gasteiger charge is 2.14. The maximum absolute atomic E-state index is 12.3. The molecule has 0 spiro atoms. The van der Waals surface area contributed by atoms with Crippen LogP contribution in [0.4, 0.5) is 0 Å². The van der Waals surface area contributed by atoms with Crippen LogP contribution in [0.2, 0.25) is 5.02 Å². The van der Waals surface area contributed by atoms with Crippen LogP contribution in [0.3, 0.4) is 0 Å². The number of para-hydroxylation sites is 2. The molecule has 0 saturated heterocycles. The fourth-order valence-corrected chi connectivity index (χ4v) is 2.91. The molecule has 142 valence electrons. The van der Waals surface area contributed by atoms with Crippen molar-refractivity contribution in [3.05, 3.63) is 59.4 Å². The molecule has 27 heavy (non-hydrogen) atoms. The van der Waals surface area contributed by atoms with Crippen molar-refractivity contribution in [2.45, 2.75) is 26.0 Å². The lowest BCUT2D eigenvalue weighted by atomic mass is 10.3. The van der Waals surface area contributed by atoms with Gasteiger partial charge in [0.05, 0.1) is 11.0 Å². The molecular weight excluding hydrogens is 364 g/mol. The molecule has 3 N–H and O–H groups in total. The van der Waals surface area contributed by atoms with E-state index in [-0.39, 0.29) is 19.1 Å². The molecule has 0 fully saturated rings. The van der Waals surface area contributed by atoms with E-state index in [9.17, 15) is 4.79 Å². The summed E-state index contributed by atoms with van der Waals surface area (Å²) >= 11 is 5.90. The molecule has 0 aliphatic heterocycles. The molecule has 6 nitrogen and oxygen atoms in total. The zero-order chi connectivity index (χ0) is 19.1. The second-order valence-corrected chi connectivity index (χ2v) is 6.63. The van der Waals surface area contributed by atoms with Crippen LogP contribution < -0.4 is 15.8 Å². The third-order valence-electron chi connectivity index (χ3n) is 4.17. The molecular formula is C20H23ClN4O2. The van der Waals surface area contributed by atoms with E-state index in [0.29, 0.717) is 29.7 Å². The number of carbonyl (C=O) groups is 1. The number of carbonyl (C=O) groups excluding carboxylic acids is 1. The summed E-state index contributed by atoms with van der Waals surface area (Å²) in [6, 6.07) is 14.9. The van der Waals surface area contributed by atoms with Crippen LogP contribution in [-0.2, 0) is 17.9 Å². The molecule has 3 rings (SSSR count). The molecule has 7 heteroatoms. The first-order valence-corrected chi connectivity index (χ1v) is 9.34. The second kappa shape index (κ2) is 9.39. The molecule has 0 unspecified atom stereocenters. The first-order chi connectivity index (χ1) is 13.2. The predicted octanol–water partition coefficient (Wildman–Crippen LogP) is 3.12. The number of hydrogen-bond acceptors (Lipinski definition) is 4. The Morgan fingerprint density at radius 2 is 1.93 bits per heavy atom. The van der Waals surface area contributed by atoms with Gasteiger partial charge in [0.1, 0.15) is 24.7 Å². The van der Waals surface area contributed by atoms with Gasteiger partial charge in [-0.3, -0.25) is 4.79 Å². The lowest BCUT2D eigenvalue weighted by molar-refractivity contribution is -0.121. The Balaban J connectivity index is 1.73.